The Morgan fingerprint density at radius 3 is 2.37 bits per heavy atom. The molecule has 2 amide bonds. The Labute approximate surface area is 202 Å². The molecule has 204 valence electrons. The number of amides is 2. The number of aliphatic hydroxyl groups is 4. The second kappa shape index (κ2) is 15.1. The first-order chi connectivity index (χ1) is 16.5. The zero-order chi connectivity index (χ0) is 26.6. The van der Waals surface area contributed by atoms with E-state index in [0.29, 0.717) is 13.2 Å². The van der Waals surface area contributed by atoms with Gasteiger partial charge in [-0.1, -0.05) is 0 Å². The molecule has 1 heterocycles. The topological polar surface area (TPSA) is 223 Å². The Morgan fingerprint density at radius 2 is 1.80 bits per heavy atom. The van der Waals surface area contributed by atoms with E-state index in [0.717, 1.165) is 0 Å². The van der Waals surface area contributed by atoms with Gasteiger partial charge in [0.2, 0.25) is 5.91 Å². The van der Waals surface area contributed by atoms with Crippen molar-refractivity contribution >= 4 is 18.0 Å². The molecule has 0 radical (unpaired) electrons. The van der Waals surface area contributed by atoms with Gasteiger partial charge in [-0.3, -0.25) is 4.79 Å². The van der Waals surface area contributed by atoms with Crippen molar-refractivity contribution in [1.82, 2.24) is 10.6 Å². The summed E-state index contributed by atoms with van der Waals surface area (Å²) >= 11 is 0. The summed E-state index contributed by atoms with van der Waals surface area (Å²) in [7, 11) is 1.51. The van der Waals surface area contributed by atoms with Gasteiger partial charge in [0, 0.05) is 13.5 Å². The highest BCUT2D eigenvalue weighted by Crippen LogP contribution is 2.34. The van der Waals surface area contributed by atoms with Crippen LogP contribution in [0.3, 0.4) is 0 Å². The number of carboxylic acid groups (broad SMARTS) is 1. The Kier molecular flexibility index (Phi) is 13.3. The summed E-state index contributed by atoms with van der Waals surface area (Å²) in [6, 6.07) is -1.42. The van der Waals surface area contributed by atoms with Gasteiger partial charge in [-0.05, 0) is 13.8 Å². The first-order valence-electron chi connectivity index (χ1n) is 11.0. The van der Waals surface area contributed by atoms with Crippen LogP contribution in [0, 0.1) is 0 Å². The van der Waals surface area contributed by atoms with Crippen LogP contribution in [0.15, 0.2) is 0 Å². The molecule has 0 aliphatic carbocycles. The number of carboxylic acids is 1. The third-order valence-electron chi connectivity index (χ3n) is 4.86. The SMILES string of the molecule is COCCOCCOC(=O)NCC(=O)N[C@H]1C([C@H](O)[C@H](O)CO)O[C@@](OC(C)C)(C(=O)O)C[C@H]1O. The van der Waals surface area contributed by atoms with Gasteiger partial charge in [0.15, 0.2) is 0 Å². The van der Waals surface area contributed by atoms with Gasteiger partial charge in [0.05, 0.1) is 44.7 Å². The fourth-order valence-electron chi connectivity index (χ4n) is 3.27. The van der Waals surface area contributed by atoms with Crippen molar-refractivity contribution in [2.75, 3.05) is 46.7 Å². The normalized spacial score (nSPS) is 26.1. The Hall–Kier alpha value is -2.11. The quantitative estimate of drug-likeness (QED) is 0.108. The lowest BCUT2D eigenvalue weighted by Gasteiger charge is -2.47. The van der Waals surface area contributed by atoms with Crippen LogP contribution in [0.2, 0.25) is 0 Å². The molecule has 0 saturated carbocycles. The van der Waals surface area contributed by atoms with Gasteiger partial charge in [0.1, 0.15) is 31.5 Å². The van der Waals surface area contributed by atoms with Crippen molar-refractivity contribution in [2.24, 2.45) is 0 Å². The third kappa shape index (κ3) is 9.81. The standard InChI is InChI=1S/C20H36N2O13/c1-11(2)34-20(18(28)29)8-12(24)15(17(35-20)16(27)13(25)10-23)22-14(26)9-21-19(30)33-7-6-32-5-4-31-3/h11-13,15-17,23-25,27H,4-10H2,1-3H3,(H,21,30)(H,22,26)(H,28,29)/t12-,13-,15-,16-,17?,20-/m1/s1. The molecule has 0 aromatic heterocycles. The fourth-order valence-corrected chi connectivity index (χ4v) is 3.27. The Balaban J connectivity index is 2.79. The molecule has 35 heavy (non-hydrogen) atoms. The molecule has 1 saturated heterocycles. The number of aliphatic hydroxyl groups excluding tert-OH is 4. The molecule has 1 aliphatic heterocycles. The van der Waals surface area contributed by atoms with E-state index in [1.54, 1.807) is 0 Å². The van der Waals surface area contributed by atoms with Gasteiger partial charge in [-0.2, -0.15) is 0 Å². The molecule has 1 unspecified atom stereocenters. The second-order valence-electron chi connectivity index (χ2n) is 8.01. The predicted molar refractivity (Wildman–Crippen MR) is 115 cm³/mol. The molecule has 0 spiro atoms. The molecule has 15 nitrogen and oxygen atoms in total. The summed E-state index contributed by atoms with van der Waals surface area (Å²) in [5, 5.41) is 54.3. The fraction of sp³-hybridized carbons (Fsp3) is 0.850. The highest BCUT2D eigenvalue weighted by atomic mass is 16.7. The maximum absolute atomic E-state index is 12.4. The molecular formula is C20H36N2O13. The monoisotopic (exact) mass is 512 g/mol. The number of rotatable bonds is 15. The van der Waals surface area contributed by atoms with E-state index in [1.165, 1.54) is 21.0 Å². The van der Waals surface area contributed by atoms with Crippen molar-refractivity contribution in [3.63, 3.8) is 0 Å². The van der Waals surface area contributed by atoms with Gasteiger partial charge >= 0.3 is 12.1 Å². The van der Waals surface area contributed by atoms with E-state index in [9.17, 15) is 39.9 Å². The zero-order valence-corrected chi connectivity index (χ0v) is 19.9. The average Bonchev–Trinajstić information content (AvgIpc) is 2.79. The van der Waals surface area contributed by atoms with E-state index in [1.807, 2.05) is 0 Å². The minimum atomic E-state index is -2.39. The van der Waals surface area contributed by atoms with Crippen LogP contribution in [0.1, 0.15) is 20.3 Å². The summed E-state index contributed by atoms with van der Waals surface area (Å²) < 4.78 is 25.6. The number of nitrogens with one attached hydrogen (secondary N) is 2. The van der Waals surface area contributed by atoms with E-state index >= 15 is 0 Å². The lowest BCUT2D eigenvalue weighted by Crippen LogP contribution is -2.68. The molecule has 0 aromatic rings. The number of methoxy groups -OCH3 is 1. The Bertz CT molecular complexity index is 679. The minimum Gasteiger partial charge on any atom is -0.477 e. The predicted octanol–water partition coefficient (Wildman–Crippen LogP) is -3.07. The van der Waals surface area contributed by atoms with E-state index in [-0.39, 0.29) is 13.2 Å². The number of carbonyl (C=O) groups excluding carboxylic acids is 2. The molecule has 1 aliphatic rings. The van der Waals surface area contributed by atoms with E-state index in [2.05, 4.69) is 10.6 Å². The highest BCUT2D eigenvalue weighted by Gasteiger charge is 2.56. The molecule has 0 bridgehead atoms. The number of hydrogen-bond acceptors (Lipinski definition) is 12. The van der Waals surface area contributed by atoms with Crippen molar-refractivity contribution in [3.05, 3.63) is 0 Å². The van der Waals surface area contributed by atoms with Crippen molar-refractivity contribution in [3.8, 4) is 0 Å². The third-order valence-corrected chi connectivity index (χ3v) is 4.86. The van der Waals surface area contributed by atoms with Gasteiger partial charge < -0.3 is 59.9 Å². The number of hydrogen-bond donors (Lipinski definition) is 7. The van der Waals surface area contributed by atoms with Crippen LogP contribution in [-0.4, -0.2) is 133 Å². The first-order valence-corrected chi connectivity index (χ1v) is 11.0. The summed E-state index contributed by atoms with van der Waals surface area (Å²) in [6.07, 6.45) is -9.20. The van der Waals surface area contributed by atoms with Crippen molar-refractivity contribution < 1.29 is 63.6 Å². The zero-order valence-electron chi connectivity index (χ0n) is 19.9. The largest absolute Gasteiger partial charge is 0.477 e. The lowest BCUT2D eigenvalue weighted by atomic mass is 9.88. The summed E-state index contributed by atoms with van der Waals surface area (Å²) in [4.78, 5) is 36.0. The van der Waals surface area contributed by atoms with Crippen LogP contribution in [-0.2, 0) is 33.3 Å². The van der Waals surface area contributed by atoms with E-state index in [4.69, 9.17) is 23.7 Å². The number of ether oxygens (including phenoxy) is 5. The molecule has 0 aromatic carbocycles. The minimum absolute atomic E-state index is 0.0766. The molecule has 7 N–H and O–H groups in total. The maximum Gasteiger partial charge on any atom is 0.407 e. The molecule has 1 rings (SSSR count). The number of alkyl carbamates (subject to hydrolysis) is 1. The molecular weight excluding hydrogens is 476 g/mol. The summed E-state index contributed by atoms with van der Waals surface area (Å²) in [6.45, 7) is 2.29. The molecule has 6 atom stereocenters. The number of aliphatic carboxylic acids is 1. The Morgan fingerprint density at radius 1 is 1.14 bits per heavy atom. The smallest absolute Gasteiger partial charge is 0.407 e. The lowest BCUT2D eigenvalue weighted by molar-refractivity contribution is -0.319. The van der Waals surface area contributed by atoms with Gasteiger partial charge in [0.25, 0.3) is 5.79 Å². The summed E-state index contributed by atoms with van der Waals surface area (Å²) in [5.41, 5.74) is 0. The molecule has 1 fully saturated rings. The number of carbonyl (C=O) groups is 3. The van der Waals surface area contributed by atoms with Crippen molar-refractivity contribution in [2.45, 2.75) is 62.6 Å². The van der Waals surface area contributed by atoms with Crippen LogP contribution in [0.25, 0.3) is 0 Å². The van der Waals surface area contributed by atoms with Crippen LogP contribution >= 0.6 is 0 Å². The van der Waals surface area contributed by atoms with Crippen LogP contribution < -0.4 is 10.6 Å². The van der Waals surface area contributed by atoms with Gasteiger partial charge in [-0.15, -0.1) is 0 Å². The van der Waals surface area contributed by atoms with Crippen molar-refractivity contribution in [1.29, 1.82) is 0 Å². The van der Waals surface area contributed by atoms with Gasteiger partial charge in [-0.25, -0.2) is 9.59 Å². The first kappa shape index (κ1) is 30.9. The summed E-state index contributed by atoms with van der Waals surface area (Å²) in [5.74, 6) is -4.82. The maximum atomic E-state index is 12.4. The molecule has 15 heteroatoms. The second-order valence-corrected chi connectivity index (χ2v) is 8.01. The highest BCUT2D eigenvalue weighted by molar-refractivity contribution is 5.82. The van der Waals surface area contributed by atoms with Crippen LogP contribution in [0.5, 0.6) is 0 Å². The average molecular weight is 513 g/mol. The van der Waals surface area contributed by atoms with E-state index < -0.39 is 79.9 Å². The van der Waals surface area contributed by atoms with Crippen LogP contribution in [0.4, 0.5) is 4.79 Å².